The molecule has 45 heavy (non-hydrogen) atoms. The van der Waals surface area contributed by atoms with Crippen LogP contribution in [0.2, 0.25) is 0 Å². The lowest BCUT2D eigenvalue weighted by Gasteiger charge is -2.40. The zero-order valence-corrected chi connectivity index (χ0v) is 33.9. The first-order valence-corrected chi connectivity index (χ1v) is 21.4. The monoisotopic (exact) mass is 633 g/mol. The van der Waals surface area contributed by atoms with Gasteiger partial charge in [-0.1, -0.05) is 222 Å². The molecule has 0 heterocycles. The fourth-order valence-corrected chi connectivity index (χ4v) is 6.92. The smallest absolute Gasteiger partial charge is 0.0199 e. The topological polar surface area (TPSA) is 0 Å². The third-order valence-electron chi connectivity index (χ3n) is 9.41. The molecule has 4 unspecified atom stereocenters. The van der Waals surface area contributed by atoms with E-state index in [1.165, 1.54) is 161 Å². The van der Waals surface area contributed by atoms with Gasteiger partial charge in [-0.3, -0.25) is 0 Å². The maximum absolute atomic E-state index is 2.73. The van der Waals surface area contributed by atoms with Crippen molar-refractivity contribution in [1.82, 2.24) is 0 Å². The second-order valence-electron chi connectivity index (χ2n) is 14.1. The summed E-state index contributed by atoms with van der Waals surface area (Å²) in [6, 6.07) is 0. The second kappa shape index (κ2) is 41.5. The molecule has 1 aliphatic carbocycles. The Hall–Kier alpha value is -0.520. The molecule has 0 N–H and O–H groups in total. The van der Waals surface area contributed by atoms with Crippen LogP contribution in [0, 0.1) is 29.6 Å². The molecule has 4 atom stereocenters. The van der Waals surface area contributed by atoms with Gasteiger partial charge in [0.1, 0.15) is 0 Å². The van der Waals surface area contributed by atoms with Crippen molar-refractivity contribution in [3.63, 3.8) is 0 Å². The maximum Gasteiger partial charge on any atom is -0.0199 e. The molecule has 272 valence electrons. The van der Waals surface area contributed by atoms with Gasteiger partial charge >= 0.3 is 0 Å². The number of unbranched alkanes of at least 4 members (excludes halogenated alkanes) is 15. The van der Waals surface area contributed by atoms with E-state index < -0.39 is 0 Å². The minimum Gasteiger partial charge on any atom is -0.0885 e. The zero-order valence-electron chi connectivity index (χ0n) is 33.9. The van der Waals surface area contributed by atoms with Crippen LogP contribution in [-0.4, -0.2) is 0 Å². The molecule has 0 aromatic carbocycles. The van der Waals surface area contributed by atoms with Gasteiger partial charge in [0.2, 0.25) is 0 Å². The summed E-state index contributed by atoms with van der Waals surface area (Å²) < 4.78 is 0. The van der Waals surface area contributed by atoms with Crippen molar-refractivity contribution in [3.8, 4) is 0 Å². The van der Waals surface area contributed by atoms with Gasteiger partial charge in [0, 0.05) is 0 Å². The van der Waals surface area contributed by atoms with E-state index in [9.17, 15) is 0 Å². The van der Waals surface area contributed by atoms with E-state index in [1.807, 2.05) is 27.7 Å². The number of hydrogen-bond acceptors (Lipinski definition) is 0. The Morgan fingerprint density at radius 3 is 1.38 bits per heavy atom. The van der Waals surface area contributed by atoms with Crippen LogP contribution in [0.25, 0.3) is 0 Å². The average molecular weight is 633 g/mol. The second-order valence-corrected chi connectivity index (χ2v) is 14.1. The summed E-state index contributed by atoms with van der Waals surface area (Å²) in [5, 5.41) is 0. The molecule has 0 fully saturated rings. The van der Waals surface area contributed by atoms with Crippen LogP contribution in [0.15, 0.2) is 24.3 Å². The SMILES string of the molecule is CC.CC.CCC.CCCCC/C=C/CC1C(CCCCCC)C=CC(CCCCCCCC(C)C)C1CCCCCCCC. The summed E-state index contributed by atoms with van der Waals surface area (Å²) in [5.74, 6) is 4.34. The van der Waals surface area contributed by atoms with E-state index in [4.69, 9.17) is 0 Å². The van der Waals surface area contributed by atoms with Crippen LogP contribution in [0.4, 0.5) is 0 Å². The molecule has 0 bridgehead atoms. The van der Waals surface area contributed by atoms with Crippen molar-refractivity contribution in [3.05, 3.63) is 24.3 Å². The molecule has 0 saturated heterocycles. The van der Waals surface area contributed by atoms with Crippen LogP contribution in [0.1, 0.15) is 237 Å². The molecule has 0 aliphatic heterocycles. The largest absolute Gasteiger partial charge is 0.0885 e. The predicted octanol–water partition coefficient (Wildman–Crippen LogP) is 17.1. The molecule has 0 radical (unpaired) electrons. The first-order chi connectivity index (χ1) is 22.0. The summed E-state index contributed by atoms with van der Waals surface area (Å²) >= 11 is 0. The molecule has 0 aromatic heterocycles. The fraction of sp³-hybridized carbons (Fsp3) is 0.911. The molecular weight excluding hydrogens is 540 g/mol. The highest BCUT2D eigenvalue weighted by Gasteiger charge is 2.34. The van der Waals surface area contributed by atoms with Gasteiger partial charge in [-0.05, 0) is 68.1 Å². The highest BCUT2D eigenvalue weighted by molar-refractivity contribution is 5.07. The summed E-state index contributed by atoms with van der Waals surface area (Å²) in [4.78, 5) is 0. The predicted molar refractivity (Wildman–Crippen MR) is 214 cm³/mol. The quantitative estimate of drug-likeness (QED) is 0.0657. The molecular formula is C45H92. The molecule has 1 aliphatic rings. The van der Waals surface area contributed by atoms with Crippen molar-refractivity contribution < 1.29 is 0 Å². The normalized spacial score (nSPS) is 19.0. The fourth-order valence-electron chi connectivity index (χ4n) is 6.92. The van der Waals surface area contributed by atoms with Crippen molar-refractivity contribution in [1.29, 1.82) is 0 Å². The number of allylic oxidation sites excluding steroid dienone is 4. The van der Waals surface area contributed by atoms with Crippen molar-refractivity contribution in [2.24, 2.45) is 29.6 Å². The third-order valence-corrected chi connectivity index (χ3v) is 9.41. The molecule has 0 saturated carbocycles. The first kappa shape index (κ1) is 48.9. The summed E-state index contributed by atoms with van der Waals surface area (Å²) in [7, 11) is 0. The Morgan fingerprint density at radius 1 is 0.467 bits per heavy atom. The molecule has 0 nitrogen and oxygen atoms in total. The standard InChI is InChI=1S/C38H72.C3H8.2C2H6/c1-6-9-12-15-20-25-30-37-35(28-23-14-11-8-3)32-33-36(29-24-19-17-18-22-27-34(4)5)38(37)31-26-21-16-13-10-7-2;1-3-2;2*1-2/h20,25,32-38H,6-19,21-24,26-31H2,1-5H3;3H2,1-2H3;2*1-2H3/b25-20+;;;. The van der Waals surface area contributed by atoms with Crippen molar-refractivity contribution in [2.75, 3.05) is 0 Å². The average Bonchev–Trinajstić information content (AvgIpc) is 3.05. The molecule has 0 amide bonds. The Bertz CT molecular complexity index is 554. The van der Waals surface area contributed by atoms with Crippen LogP contribution >= 0.6 is 0 Å². The molecule has 1 rings (SSSR count). The summed E-state index contributed by atoms with van der Waals surface area (Å²) in [5.41, 5.74) is 0. The van der Waals surface area contributed by atoms with Crippen LogP contribution in [-0.2, 0) is 0 Å². The van der Waals surface area contributed by atoms with Gasteiger partial charge in [-0.25, -0.2) is 0 Å². The van der Waals surface area contributed by atoms with Crippen molar-refractivity contribution in [2.45, 2.75) is 237 Å². The number of hydrogen-bond donors (Lipinski definition) is 0. The van der Waals surface area contributed by atoms with Crippen LogP contribution in [0.3, 0.4) is 0 Å². The van der Waals surface area contributed by atoms with E-state index >= 15 is 0 Å². The summed E-state index contributed by atoms with van der Waals surface area (Å²) in [6.07, 6.45) is 45.8. The van der Waals surface area contributed by atoms with Crippen LogP contribution < -0.4 is 0 Å². The summed E-state index contributed by atoms with van der Waals surface area (Å²) in [6.45, 7) is 24.0. The third kappa shape index (κ3) is 31.8. The lowest BCUT2D eigenvalue weighted by atomic mass is 9.65. The maximum atomic E-state index is 2.73. The minimum absolute atomic E-state index is 0.824. The van der Waals surface area contributed by atoms with Crippen molar-refractivity contribution >= 4 is 0 Å². The first-order valence-electron chi connectivity index (χ1n) is 21.4. The van der Waals surface area contributed by atoms with E-state index in [1.54, 1.807) is 0 Å². The lowest BCUT2D eigenvalue weighted by Crippen LogP contribution is -2.31. The zero-order chi connectivity index (χ0) is 34.4. The van der Waals surface area contributed by atoms with Gasteiger partial charge in [-0.2, -0.15) is 0 Å². The van der Waals surface area contributed by atoms with Gasteiger partial charge < -0.3 is 0 Å². The number of rotatable bonds is 26. The van der Waals surface area contributed by atoms with E-state index in [-0.39, 0.29) is 0 Å². The molecule has 0 spiro atoms. The van der Waals surface area contributed by atoms with Gasteiger partial charge in [0.25, 0.3) is 0 Å². The highest BCUT2D eigenvalue weighted by Crippen LogP contribution is 2.44. The van der Waals surface area contributed by atoms with Gasteiger partial charge in [0.15, 0.2) is 0 Å². The highest BCUT2D eigenvalue weighted by atomic mass is 14.4. The molecule has 0 aromatic rings. The Labute approximate surface area is 289 Å². The van der Waals surface area contributed by atoms with E-state index in [0.717, 1.165) is 29.6 Å². The molecule has 0 heteroatoms. The van der Waals surface area contributed by atoms with Gasteiger partial charge in [-0.15, -0.1) is 0 Å². The Balaban J connectivity index is -0.00000232. The lowest BCUT2D eigenvalue weighted by molar-refractivity contribution is 0.159. The Morgan fingerprint density at radius 2 is 0.867 bits per heavy atom. The Kier molecular flexibility index (Phi) is 45.1. The van der Waals surface area contributed by atoms with E-state index in [0.29, 0.717) is 0 Å². The minimum atomic E-state index is 0.824. The van der Waals surface area contributed by atoms with E-state index in [2.05, 4.69) is 72.8 Å². The van der Waals surface area contributed by atoms with Crippen LogP contribution in [0.5, 0.6) is 0 Å². The van der Waals surface area contributed by atoms with Gasteiger partial charge in [0.05, 0.1) is 0 Å².